The second-order valence-electron chi connectivity index (χ2n) is 6.53. The van der Waals surface area contributed by atoms with Crippen LogP contribution in [0.1, 0.15) is 43.7 Å². The van der Waals surface area contributed by atoms with Crippen LogP contribution in [0.3, 0.4) is 0 Å². The quantitative estimate of drug-likeness (QED) is 0.808. The molecular weight excluding hydrogens is 288 g/mol. The van der Waals surface area contributed by atoms with Crippen LogP contribution in [0.2, 0.25) is 0 Å². The van der Waals surface area contributed by atoms with Gasteiger partial charge in [-0.05, 0) is 49.8 Å². The Hall–Kier alpha value is -2.04. The van der Waals surface area contributed by atoms with E-state index in [4.69, 9.17) is 4.74 Å². The second kappa shape index (κ2) is 7.02. The predicted molar refractivity (Wildman–Crippen MR) is 92.0 cm³/mol. The van der Waals surface area contributed by atoms with Gasteiger partial charge in [-0.3, -0.25) is 4.68 Å². The van der Waals surface area contributed by atoms with Crippen LogP contribution in [0, 0.1) is 12.8 Å². The number of nitrogens with one attached hydrogen (secondary N) is 1. The maximum Gasteiger partial charge on any atom is 0.168 e. The number of anilines is 1. The van der Waals surface area contributed by atoms with E-state index in [1.807, 2.05) is 24.0 Å². The Kier molecular flexibility index (Phi) is 4.84. The van der Waals surface area contributed by atoms with Gasteiger partial charge in [0.1, 0.15) is 0 Å². The van der Waals surface area contributed by atoms with E-state index in [1.54, 1.807) is 0 Å². The van der Waals surface area contributed by atoms with Crippen molar-refractivity contribution in [3.63, 3.8) is 0 Å². The summed E-state index contributed by atoms with van der Waals surface area (Å²) in [7, 11) is 0. The molecule has 1 aliphatic rings. The van der Waals surface area contributed by atoms with Gasteiger partial charge in [0, 0.05) is 31.4 Å². The zero-order chi connectivity index (χ0) is 16.2. The predicted octanol–water partition coefficient (Wildman–Crippen LogP) is 3.61. The smallest absolute Gasteiger partial charge is 0.168 e. The molecular formula is C18H26N4O. The van der Waals surface area contributed by atoms with Gasteiger partial charge in [0.05, 0.1) is 12.8 Å². The van der Waals surface area contributed by atoms with E-state index in [0.29, 0.717) is 5.92 Å². The SMILES string of the molecule is CCn1cc(C(C)CNc2ncc(C)cc2OCC2CC2)cn1. The van der Waals surface area contributed by atoms with Crippen molar-refractivity contribution in [2.24, 2.45) is 5.92 Å². The minimum absolute atomic E-state index is 0.370. The van der Waals surface area contributed by atoms with Crippen LogP contribution < -0.4 is 10.1 Å². The standard InChI is InChI=1S/C18H26N4O/c1-4-22-11-16(10-21-22)14(3)9-20-18-17(7-13(2)8-19-18)23-12-15-5-6-15/h7-8,10-11,14-15H,4-6,9,12H2,1-3H3,(H,19,20). The average molecular weight is 314 g/mol. The summed E-state index contributed by atoms with van der Waals surface area (Å²) in [6, 6.07) is 2.07. The van der Waals surface area contributed by atoms with Gasteiger partial charge in [0.15, 0.2) is 11.6 Å². The number of pyridine rings is 1. The summed E-state index contributed by atoms with van der Waals surface area (Å²) >= 11 is 0. The van der Waals surface area contributed by atoms with Gasteiger partial charge < -0.3 is 10.1 Å². The Morgan fingerprint density at radius 3 is 2.91 bits per heavy atom. The van der Waals surface area contributed by atoms with E-state index >= 15 is 0 Å². The van der Waals surface area contributed by atoms with Crippen LogP contribution >= 0.6 is 0 Å². The number of ether oxygens (including phenoxy) is 1. The van der Waals surface area contributed by atoms with Crippen LogP contribution in [0.15, 0.2) is 24.7 Å². The second-order valence-corrected chi connectivity index (χ2v) is 6.53. The highest BCUT2D eigenvalue weighted by Crippen LogP contribution is 2.31. The van der Waals surface area contributed by atoms with Gasteiger partial charge in [0.25, 0.3) is 0 Å². The van der Waals surface area contributed by atoms with Gasteiger partial charge >= 0.3 is 0 Å². The molecule has 0 aliphatic heterocycles. The van der Waals surface area contributed by atoms with E-state index in [-0.39, 0.29) is 0 Å². The van der Waals surface area contributed by atoms with E-state index in [0.717, 1.165) is 42.7 Å². The molecule has 124 valence electrons. The fourth-order valence-electron chi connectivity index (χ4n) is 2.45. The van der Waals surface area contributed by atoms with Crippen LogP contribution in [-0.4, -0.2) is 27.9 Å². The molecule has 2 heterocycles. The largest absolute Gasteiger partial charge is 0.489 e. The third-order valence-corrected chi connectivity index (χ3v) is 4.28. The minimum atomic E-state index is 0.370. The lowest BCUT2D eigenvalue weighted by Gasteiger charge is -2.15. The van der Waals surface area contributed by atoms with Crippen molar-refractivity contribution in [2.75, 3.05) is 18.5 Å². The number of nitrogens with zero attached hydrogens (tertiary/aromatic N) is 3. The lowest BCUT2D eigenvalue weighted by Crippen LogP contribution is -2.12. The van der Waals surface area contributed by atoms with E-state index in [2.05, 4.69) is 41.5 Å². The Bertz CT molecular complexity index is 648. The van der Waals surface area contributed by atoms with Crippen molar-refractivity contribution in [2.45, 2.75) is 46.1 Å². The molecule has 1 unspecified atom stereocenters. The summed E-state index contributed by atoms with van der Waals surface area (Å²) in [6.45, 7) is 8.85. The molecule has 1 aliphatic carbocycles. The maximum atomic E-state index is 5.96. The molecule has 0 aromatic carbocycles. The van der Waals surface area contributed by atoms with E-state index < -0.39 is 0 Å². The monoisotopic (exact) mass is 314 g/mol. The first-order valence-corrected chi connectivity index (χ1v) is 8.51. The highest BCUT2D eigenvalue weighted by molar-refractivity contribution is 5.51. The molecule has 0 saturated heterocycles. The number of hydrogen-bond donors (Lipinski definition) is 1. The Morgan fingerprint density at radius 2 is 2.22 bits per heavy atom. The molecule has 0 radical (unpaired) electrons. The van der Waals surface area contributed by atoms with Gasteiger partial charge in [-0.2, -0.15) is 5.10 Å². The minimum Gasteiger partial charge on any atom is -0.489 e. The molecule has 1 N–H and O–H groups in total. The molecule has 1 saturated carbocycles. The molecule has 2 aromatic rings. The van der Waals surface area contributed by atoms with Crippen LogP contribution in [-0.2, 0) is 6.54 Å². The van der Waals surface area contributed by atoms with Crippen LogP contribution in [0.5, 0.6) is 5.75 Å². The molecule has 0 bridgehead atoms. The zero-order valence-corrected chi connectivity index (χ0v) is 14.2. The summed E-state index contributed by atoms with van der Waals surface area (Å²) in [6.07, 6.45) is 8.52. The molecule has 5 nitrogen and oxygen atoms in total. The first-order valence-electron chi connectivity index (χ1n) is 8.51. The molecule has 3 rings (SSSR count). The van der Waals surface area contributed by atoms with E-state index in [9.17, 15) is 0 Å². The highest BCUT2D eigenvalue weighted by Gasteiger charge is 2.22. The molecule has 0 spiro atoms. The topological polar surface area (TPSA) is 52.0 Å². The third-order valence-electron chi connectivity index (χ3n) is 4.28. The highest BCUT2D eigenvalue weighted by atomic mass is 16.5. The van der Waals surface area contributed by atoms with Crippen molar-refractivity contribution in [3.8, 4) is 5.75 Å². The first-order chi connectivity index (χ1) is 11.2. The van der Waals surface area contributed by atoms with Crippen LogP contribution in [0.4, 0.5) is 5.82 Å². The number of aromatic nitrogens is 3. The summed E-state index contributed by atoms with van der Waals surface area (Å²) < 4.78 is 7.92. The Morgan fingerprint density at radius 1 is 1.39 bits per heavy atom. The zero-order valence-electron chi connectivity index (χ0n) is 14.2. The lowest BCUT2D eigenvalue weighted by molar-refractivity contribution is 0.300. The average Bonchev–Trinajstić information content (AvgIpc) is 3.26. The molecule has 1 atom stereocenters. The Labute approximate surface area is 138 Å². The fourth-order valence-corrected chi connectivity index (χ4v) is 2.45. The Balaban J connectivity index is 1.61. The van der Waals surface area contributed by atoms with E-state index in [1.165, 1.54) is 18.4 Å². The van der Waals surface area contributed by atoms with Crippen molar-refractivity contribution in [1.82, 2.24) is 14.8 Å². The summed E-state index contributed by atoms with van der Waals surface area (Å²) in [5.41, 5.74) is 2.37. The van der Waals surface area contributed by atoms with Gasteiger partial charge in [0.2, 0.25) is 0 Å². The van der Waals surface area contributed by atoms with Gasteiger partial charge in [-0.1, -0.05) is 6.92 Å². The number of rotatable bonds is 8. The summed E-state index contributed by atoms with van der Waals surface area (Å²) in [4.78, 5) is 4.51. The molecule has 0 amide bonds. The van der Waals surface area contributed by atoms with Crippen molar-refractivity contribution in [1.29, 1.82) is 0 Å². The maximum absolute atomic E-state index is 5.96. The van der Waals surface area contributed by atoms with Gasteiger partial charge in [-0.25, -0.2) is 4.98 Å². The number of aryl methyl sites for hydroxylation is 2. The molecule has 1 fully saturated rings. The normalized spacial score (nSPS) is 15.4. The molecule has 23 heavy (non-hydrogen) atoms. The molecule has 2 aromatic heterocycles. The third kappa shape index (κ3) is 4.24. The fraction of sp³-hybridized carbons (Fsp3) is 0.556. The number of hydrogen-bond acceptors (Lipinski definition) is 4. The lowest BCUT2D eigenvalue weighted by atomic mass is 10.1. The molecule has 5 heteroatoms. The summed E-state index contributed by atoms with van der Waals surface area (Å²) in [5, 5.41) is 7.78. The first kappa shape index (κ1) is 15.8. The van der Waals surface area contributed by atoms with Gasteiger partial charge in [-0.15, -0.1) is 0 Å². The van der Waals surface area contributed by atoms with Crippen molar-refractivity contribution >= 4 is 5.82 Å². The van der Waals surface area contributed by atoms with Crippen LogP contribution in [0.25, 0.3) is 0 Å². The van der Waals surface area contributed by atoms with Crippen molar-refractivity contribution in [3.05, 3.63) is 35.8 Å². The van der Waals surface area contributed by atoms with Crippen molar-refractivity contribution < 1.29 is 4.74 Å². The summed E-state index contributed by atoms with van der Waals surface area (Å²) in [5.74, 6) is 2.82.